The van der Waals surface area contributed by atoms with E-state index < -0.39 is 10.8 Å². The van der Waals surface area contributed by atoms with E-state index in [1.54, 1.807) is 30.1 Å². The number of hydrogen-bond acceptors (Lipinski definition) is 6. The van der Waals surface area contributed by atoms with Crippen LogP contribution in [0, 0.1) is 10.1 Å². The minimum Gasteiger partial charge on any atom is -0.493 e. The van der Waals surface area contributed by atoms with Crippen molar-refractivity contribution >= 4 is 22.9 Å². The number of nitro groups is 1. The Labute approximate surface area is 135 Å². The number of nitrogens with zero attached hydrogens (tertiary/aromatic N) is 3. The molecule has 9 heteroatoms. The standard InChI is InChI=1S/C14H15N3O5S/c1-4-22-12-7-9(10(17(19)20)8-11(12)21-3)13(18)15-14-16(2)5-6-23-14/h5-8H,4H2,1-3H3. The number of methoxy groups -OCH3 is 1. The number of carbonyl (C=O) groups excluding carboxylic acids is 1. The van der Waals surface area contributed by atoms with Crippen LogP contribution >= 0.6 is 11.3 Å². The number of aryl methyl sites for hydroxylation is 1. The molecule has 0 saturated carbocycles. The van der Waals surface area contributed by atoms with Crippen LogP contribution in [0.4, 0.5) is 5.69 Å². The molecule has 0 aliphatic rings. The summed E-state index contributed by atoms with van der Waals surface area (Å²) < 4.78 is 12.1. The van der Waals surface area contributed by atoms with Crippen LogP contribution in [0.2, 0.25) is 0 Å². The van der Waals surface area contributed by atoms with Gasteiger partial charge in [-0.2, -0.15) is 4.99 Å². The van der Waals surface area contributed by atoms with Crippen LogP contribution in [0.3, 0.4) is 0 Å². The third-order valence-electron chi connectivity index (χ3n) is 2.97. The fraction of sp³-hybridized carbons (Fsp3) is 0.286. The zero-order valence-electron chi connectivity index (χ0n) is 12.8. The van der Waals surface area contributed by atoms with Gasteiger partial charge in [0.2, 0.25) is 0 Å². The van der Waals surface area contributed by atoms with E-state index in [9.17, 15) is 14.9 Å². The molecule has 0 N–H and O–H groups in total. The van der Waals surface area contributed by atoms with Gasteiger partial charge in [0.05, 0.1) is 24.7 Å². The molecule has 0 atom stereocenters. The second-order valence-corrected chi connectivity index (χ2v) is 5.30. The van der Waals surface area contributed by atoms with Gasteiger partial charge in [-0.25, -0.2) is 0 Å². The molecular weight excluding hydrogens is 322 g/mol. The minimum atomic E-state index is -0.710. The normalized spacial score (nSPS) is 11.3. The number of hydrogen-bond donors (Lipinski definition) is 0. The Morgan fingerprint density at radius 1 is 1.43 bits per heavy atom. The van der Waals surface area contributed by atoms with E-state index in [1.165, 1.54) is 30.6 Å². The molecule has 1 aromatic heterocycles. The van der Waals surface area contributed by atoms with E-state index in [4.69, 9.17) is 9.47 Å². The molecule has 0 radical (unpaired) electrons. The number of carbonyl (C=O) groups is 1. The summed E-state index contributed by atoms with van der Waals surface area (Å²) in [6.45, 7) is 2.09. The highest BCUT2D eigenvalue weighted by atomic mass is 32.1. The van der Waals surface area contributed by atoms with E-state index in [0.29, 0.717) is 11.4 Å². The highest BCUT2D eigenvalue weighted by molar-refractivity contribution is 7.07. The maximum absolute atomic E-state index is 12.4. The molecule has 0 aliphatic heterocycles. The SMILES string of the molecule is CCOc1cc(C(=O)N=c2sccn2C)c([N+](=O)[O-])cc1OC. The molecule has 1 heterocycles. The molecule has 1 amide bonds. The number of ether oxygens (including phenoxy) is 2. The maximum atomic E-state index is 12.4. The van der Waals surface area contributed by atoms with Crippen molar-refractivity contribution in [2.45, 2.75) is 6.92 Å². The van der Waals surface area contributed by atoms with Gasteiger partial charge >= 0.3 is 0 Å². The Morgan fingerprint density at radius 2 is 2.17 bits per heavy atom. The number of amides is 1. The molecule has 2 aromatic rings. The minimum absolute atomic E-state index is 0.146. The monoisotopic (exact) mass is 337 g/mol. The Kier molecular flexibility index (Phi) is 5.12. The van der Waals surface area contributed by atoms with E-state index in [0.717, 1.165) is 0 Å². The van der Waals surface area contributed by atoms with Gasteiger partial charge in [-0.3, -0.25) is 14.9 Å². The van der Waals surface area contributed by atoms with Gasteiger partial charge in [0, 0.05) is 24.7 Å². The summed E-state index contributed by atoms with van der Waals surface area (Å²) in [6.07, 6.45) is 1.74. The molecule has 0 fully saturated rings. The Bertz CT molecular complexity index is 809. The van der Waals surface area contributed by atoms with Gasteiger partial charge in [-0.1, -0.05) is 0 Å². The van der Waals surface area contributed by atoms with Gasteiger partial charge in [-0.15, -0.1) is 11.3 Å². The lowest BCUT2D eigenvalue weighted by atomic mass is 10.1. The third-order valence-corrected chi connectivity index (χ3v) is 3.81. The highest BCUT2D eigenvalue weighted by Crippen LogP contribution is 2.35. The van der Waals surface area contributed by atoms with Crippen molar-refractivity contribution in [3.8, 4) is 11.5 Å². The highest BCUT2D eigenvalue weighted by Gasteiger charge is 2.24. The van der Waals surface area contributed by atoms with Gasteiger partial charge in [-0.05, 0) is 6.92 Å². The largest absolute Gasteiger partial charge is 0.493 e. The second kappa shape index (κ2) is 7.05. The van der Waals surface area contributed by atoms with E-state index in [2.05, 4.69) is 4.99 Å². The first-order valence-electron chi connectivity index (χ1n) is 6.66. The van der Waals surface area contributed by atoms with Gasteiger partial charge < -0.3 is 14.0 Å². The summed E-state index contributed by atoms with van der Waals surface area (Å²) in [4.78, 5) is 27.3. The fourth-order valence-corrected chi connectivity index (χ4v) is 2.61. The van der Waals surface area contributed by atoms with Crippen molar-refractivity contribution in [1.29, 1.82) is 0 Å². The van der Waals surface area contributed by atoms with Crippen LogP contribution in [-0.2, 0) is 7.05 Å². The number of rotatable bonds is 5. The molecule has 0 aliphatic carbocycles. The quantitative estimate of drug-likeness (QED) is 0.615. The summed E-state index contributed by atoms with van der Waals surface area (Å²) >= 11 is 1.26. The lowest BCUT2D eigenvalue weighted by Gasteiger charge is -2.10. The summed E-state index contributed by atoms with van der Waals surface area (Å²) in [6, 6.07) is 2.46. The molecule has 122 valence electrons. The average molecular weight is 337 g/mol. The second-order valence-electron chi connectivity index (χ2n) is 4.42. The van der Waals surface area contributed by atoms with E-state index in [-0.39, 0.29) is 22.7 Å². The summed E-state index contributed by atoms with van der Waals surface area (Å²) in [5.41, 5.74) is -0.522. The smallest absolute Gasteiger partial charge is 0.286 e. The first-order valence-corrected chi connectivity index (χ1v) is 7.54. The first kappa shape index (κ1) is 16.7. The third kappa shape index (κ3) is 3.57. The van der Waals surface area contributed by atoms with Crippen molar-refractivity contribution in [3.05, 3.63) is 44.2 Å². The van der Waals surface area contributed by atoms with Crippen LogP contribution in [0.15, 0.2) is 28.7 Å². The molecule has 2 rings (SSSR count). The number of nitro benzene ring substituents is 1. The number of benzene rings is 1. The summed E-state index contributed by atoms with van der Waals surface area (Å²) in [7, 11) is 3.11. The van der Waals surface area contributed by atoms with Gasteiger partial charge in [0.15, 0.2) is 16.3 Å². The predicted molar refractivity (Wildman–Crippen MR) is 84.0 cm³/mol. The molecule has 0 spiro atoms. The summed E-state index contributed by atoms with van der Waals surface area (Å²) in [5.74, 6) is -0.259. The molecule has 0 saturated heterocycles. The Balaban J connectivity index is 2.59. The van der Waals surface area contributed by atoms with E-state index >= 15 is 0 Å². The lowest BCUT2D eigenvalue weighted by Crippen LogP contribution is -2.13. The average Bonchev–Trinajstić information content (AvgIpc) is 2.92. The Hall–Kier alpha value is -2.68. The van der Waals surface area contributed by atoms with Crippen molar-refractivity contribution in [2.24, 2.45) is 12.0 Å². The number of aromatic nitrogens is 1. The molecule has 0 bridgehead atoms. The molecule has 0 unspecified atom stereocenters. The summed E-state index contributed by atoms with van der Waals surface area (Å²) in [5, 5.41) is 13.0. The van der Waals surface area contributed by atoms with Crippen LogP contribution in [0.1, 0.15) is 17.3 Å². The number of thiazole rings is 1. The van der Waals surface area contributed by atoms with Crippen LogP contribution in [0.5, 0.6) is 11.5 Å². The topological polar surface area (TPSA) is 96.0 Å². The van der Waals surface area contributed by atoms with Gasteiger partial charge in [0.1, 0.15) is 5.56 Å². The maximum Gasteiger partial charge on any atom is 0.286 e. The van der Waals surface area contributed by atoms with Crippen molar-refractivity contribution < 1.29 is 19.2 Å². The van der Waals surface area contributed by atoms with Crippen LogP contribution in [0.25, 0.3) is 0 Å². The predicted octanol–water partition coefficient (Wildman–Crippen LogP) is 2.14. The fourth-order valence-electron chi connectivity index (χ4n) is 1.88. The molecule has 1 aromatic carbocycles. The zero-order valence-corrected chi connectivity index (χ0v) is 13.6. The van der Waals surface area contributed by atoms with Crippen LogP contribution in [-0.4, -0.2) is 29.1 Å². The zero-order chi connectivity index (χ0) is 17.0. The van der Waals surface area contributed by atoms with Crippen molar-refractivity contribution in [2.75, 3.05) is 13.7 Å². The first-order chi connectivity index (χ1) is 11.0. The van der Waals surface area contributed by atoms with Crippen molar-refractivity contribution in [1.82, 2.24) is 4.57 Å². The molecule has 8 nitrogen and oxygen atoms in total. The molecule has 23 heavy (non-hydrogen) atoms. The van der Waals surface area contributed by atoms with Crippen molar-refractivity contribution in [3.63, 3.8) is 0 Å². The molecular formula is C14H15N3O5S. The van der Waals surface area contributed by atoms with E-state index in [1.807, 2.05) is 0 Å². The van der Waals surface area contributed by atoms with Crippen LogP contribution < -0.4 is 14.3 Å². The lowest BCUT2D eigenvalue weighted by molar-refractivity contribution is -0.385. The Morgan fingerprint density at radius 3 is 2.70 bits per heavy atom. The van der Waals surface area contributed by atoms with Gasteiger partial charge in [0.25, 0.3) is 11.6 Å².